The standard InChI is InChI=1S/C21H25N5O4S/c1-5-30-20(27)26(4)17-13-16(15-9-7-6-8-10-15)11-12-18(17)31(28,29)24-21(2,3)19-14-22-25-23-19/h6-14,24H,5H2,1-4H3,(H,22,23,25). The van der Waals surface area contributed by atoms with Crippen LogP contribution in [0.5, 0.6) is 0 Å². The van der Waals surface area contributed by atoms with E-state index in [4.69, 9.17) is 4.74 Å². The van der Waals surface area contributed by atoms with Crippen LogP contribution in [0.2, 0.25) is 0 Å². The highest BCUT2D eigenvalue weighted by atomic mass is 32.2. The van der Waals surface area contributed by atoms with Gasteiger partial charge in [0.05, 0.1) is 24.0 Å². The number of sulfonamides is 1. The molecule has 0 fully saturated rings. The van der Waals surface area contributed by atoms with Crippen LogP contribution in [0.4, 0.5) is 10.5 Å². The lowest BCUT2D eigenvalue weighted by atomic mass is 10.0. The molecule has 9 nitrogen and oxygen atoms in total. The summed E-state index contributed by atoms with van der Waals surface area (Å²) in [7, 11) is -2.57. The first-order chi connectivity index (χ1) is 14.7. The van der Waals surface area contributed by atoms with Crippen LogP contribution in [-0.4, -0.2) is 43.6 Å². The number of carbonyl (C=O) groups is 1. The SMILES string of the molecule is CCOC(=O)N(C)c1cc(-c2ccccc2)ccc1S(=O)(=O)NC(C)(C)c1cn[nH]n1. The molecule has 0 radical (unpaired) electrons. The molecule has 0 aliphatic carbocycles. The molecule has 1 amide bonds. The fourth-order valence-corrected chi connectivity index (χ4v) is 4.69. The van der Waals surface area contributed by atoms with Crippen molar-refractivity contribution in [1.82, 2.24) is 20.1 Å². The molecule has 0 spiro atoms. The molecule has 0 unspecified atom stereocenters. The second-order valence-corrected chi connectivity index (χ2v) is 9.04. The zero-order chi connectivity index (χ0) is 22.6. The van der Waals surface area contributed by atoms with Crippen LogP contribution in [-0.2, 0) is 20.3 Å². The van der Waals surface area contributed by atoms with E-state index in [2.05, 4.69) is 20.1 Å². The van der Waals surface area contributed by atoms with E-state index in [1.165, 1.54) is 24.2 Å². The highest BCUT2D eigenvalue weighted by molar-refractivity contribution is 7.89. The van der Waals surface area contributed by atoms with Crippen LogP contribution in [0.1, 0.15) is 26.5 Å². The number of H-pyrrole nitrogens is 1. The molecule has 0 aliphatic heterocycles. The predicted molar refractivity (Wildman–Crippen MR) is 117 cm³/mol. The number of aromatic amines is 1. The Bertz CT molecular complexity index is 1150. The Hall–Kier alpha value is -3.24. The first-order valence-electron chi connectivity index (χ1n) is 9.66. The average molecular weight is 444 g/mol. The summed E-state index contributed by atoms with van der Waals surface area (Å²) in [4.78, 5) is 13.5. The van der Waals surface area contributed by atoms with Crippen molar-refractivity contribution in [1.29, 1.82) is 0 Å². The summed E-state index contributed by atoms with van der Waals surface area (Å²) in [6, 6.07) is 14.3. The Balaban J connectivity index is 2.08. The fraction of sp³-hybridized carbons (Fsp3) is 0.286. The van der Waals surface area contributed by atoms with Gasteiger partial charge in [0.25, 0.3) is 0 Å². The van der Waals surface area contributed by atoms with Crippen LogP contribution in [0.3, 0.4) is 0 Å². The number of rotatable bonds is 7. The van der Waals surface area contributed by atoms with Gasteiger partial charge in [0.2, 0.25) is 10.0 Å². The Morgan fingerprint density at radius 2 is 1.87 bits per heavy atom. The molecule has 0 atom stereocenters. The van der Waals surface area contributed by atoms with Crippen molar-refractivity contribution >= 4 is 21.8 Å². The van der Waals surface area contributed by atoms with Crippen molar-refractivity contribution in [2.45, 2.75) is 31.2 Å². The number of benzene rings is 2. The predicted octanol–water partition coefficient (Wildman–Crippen LogP) is 3.28. The third-order valence-electron chi connectivity index (χ3n) is 4.70. The third kappa shape index (κ3) is 4.92. The number of ether oxygens (including phenoxy) is 1. The number of amides is 1. The number of nitrogens with one attached hydrogen (secondary N) is 2. The van der Waals surface area contributed by atoms with Gasteiger partial charge in [0.15, 0.2) is 0 Å². The maximum absolute atomic E-state index is 13.3. The van der Waals surface area contributed by atoms with Crippen molar-refractivity contribution in [3.8, 4) is 11.1 Å². The molecule has 31 heavy (non-hydrogen) atoms. The molecule has 0 aliphatic rings. The molecule has 0 bridgehead atoms. The van der Waals surface area contributed by atoms with Crippen LogP contribution in [0.15, 0.2) is 59.6 Å². The number of nitrogens with zero attached hydrogens (tertiary/aromatic N) is 3. The highest BCUT2D eigenvalue weighted by Gasteiger charge is 2.33. The van der Waals surface area contributed by atoms with Crippen molar-refractivity contribution < 1.29 is 17.9 Å². The fourth-order valence-electron chi connectivity index (χ4n) is 3.08. The molecule has 3 aromatic rings. The normalized spacial score (nSPS) is 11.9. The lowest BCUT2D eigenvalue weighted by molar-refractivity contribution is 0.161. The van der Waals surface area contributed by atoms with Gasteiger partial charge >= 0.3 is 6.09 Å². The molecule has 3 rings (SSSR count). The largest absolute Gasteiger partial charge is 0.449 e. The minimum absolute atomic E-state index is 0.0562. The summed E-state index contributed by atoms with van der Waals surface area (Å²) in [5.74, 6) is 0. The summed E-state index contributed by atoms with van der Waals surface area (Å²) in [5.41, 5.74) is 1.24. The molecule has 1 heterocycles. The highest BCUT2D eigenvalue weighted by Crippen LogP contribution is 2.32. The number of hydrogen-bond acceptors (Lipinski definition) is 6. The molecular weight excluding hydrogens is 418 g/mol. The van der Waals surface area contributed by atoms with Gasteiger partial charge in [-0.25, -0.2) is 13.2 Å². The van der Waals surface area contributed by atoms with E-state index in [1.54, 1.807) is 32.9 Å². The monoisotopic (exact) mass is 443 g/mol. The smallest absolute Gasteiger partial charge is 0.414 e. The third-order valence-corrected chi connectivity index (χ3v) is 6.41. The average Bonchev–Trinajstić information content (AvgIpc) is 3.29. The number of anilines is 1. The molecule has 164 valence electrons. The summed E-state index contributed by atoms with van der Waals surface area (Å²) in [6.07, 6.45) is 0.798. The van der Waals surface area contributed by atoms with Crippen LogP contribution in [0.25, 0.3) is 11.1 Å². The van der Waals surface area contributed by atoms with Gasteiger partial charge in [-0.05, 0) is 44.0 Å². The first kappa shape index (κ1) is 22.4. The van der Waals surface area contributed by atoms with Crippen LogP contribution in [0, 0.1) is 0 Å². The second-order valence-electron chi connectivity index (χ2n) is 7.39. The summed E-state index contributed by atoms with van der Waals surface area (Å²) < 4.78 is 34.4. The van der Waals surface area contributed by atoms with Gasteiger partial charge in [-0.2, -0.15) is 20.1 Å². The van der Waals surface area contributed by atoms with Gasteiger partial charge in [-0.3, -0.25) is 4.90 Å². The summed E-state index contributed by atoms with van der Waals surface area (Å²) in [5, 5.41) is 10.2. The molecule has 0 saturated heterocycles. The first-order valence-corrected chi connectivity index (χ1v) is 11.1. The molecule has 1 aromatic heterocycles. The van der Waals surface area contributed by atoms with Gasteiger partial charge in [-0.1, -0.05) is 36.4 Å². The van der Waals surface area contributed by atoms with E-state index in [-0.39, 0.29) is 17.2 Å². The lowest BCUT2D eigenvalue weighted by Gasteiger charge is -2.26. The zero-order valence-corrected chi connectivity index (χ0v) is 18.6. The number of hydrogen-bond donors (Lipinski definition) is 2. The van der Waals surface area contributed by atoms with Gasteiger partial charge < -0.3 is 4.74 Å². The van der Waals surface area contributed by atoms with Gasteiger partial charge in [0.1, 0.15) is 10.6 Å². The quantitative estimate of drug-likeness (QED) is 0.579. The van der Waals surface area contributed by atoms with E-state index in [0.29, 0.717) is 5.69 Å². The molecule has 2 aromatic carbocycles. The summed E-state index contributed by atoms with van der Waals surface area (Å²) >= 11 is 0. The minimum Gasteiger partial charge on any atom is -0.449 e. The molecule has 0 saturated carbocycles. The topological polar surface area (TPSA) is 117 Å². The second kappa shape index (κ2) is 8.86. The minimum atomic E-state index is -4.05. The Kier molecular flexibility index (Phi) is 6.42. The van der Waals surface area contributed by atoms with E-state index in [1.807, 2.05) is 30.3 Å². The molecule has 2 N–H and O–H groups in total. The zero-order valence-electron chi connectivity index (χ0n) is 17.8. The van der Waals surface area contributed by atoms with E-state index >= 15 is 0 Å². The van der Waals surface area contributed by atoms with E-state index in [9.17, 15) is 13.2 Å². The molecule has 10 heteroatoms. The lowest BCUT2D eigenvalue weighted by Crippen LogP contribution is -2.42. The van der Waals surface area contributed by atoms with Crippen molar-refractivity contribution in [3.63, 3.8) is 0 Å². The van der Waals surface area contributed by atoms with Crippen molar-refractivity contribution in [2.24, 2.45) is 0 Å². The van der Waals surface area contributed by atoms with Gasteiger partial charge in [-0.15, -0.1) is 0 Å². The van der Waals surface area contributed by atoms with Crippen molar-refractivity contribution in [2.75, 3.05) is 18.6 Å². The number of carbonyl (C=O) groups excluding carboxylic acids is 1. The summed E-state index contributed by atoms with van der Waals surface area (Å²) in [6.45, 7) is 5.21. The Morgan fingerprint density at radius 1 is 1.16 bits per heavy atom. The van der Waals surface area contributed by atoms with Gasteiger partial charge in [0, 0.05) is 7.05 Å². The maximum atomic E-state index is 13.3. The number of aromatic nitrogens is 3. The van der Waals surface area contributed by atoms with Crippen LogP contribution < -0.4 is 9.62 Å². The Labute approximate surface area is 181 Å². The molecular formula is C21H25N5O4S. The van der Waals surface area contributed by atoms with E-state index in [0.717, 1.165) is 11.1 Å². The van der Waals surface area contributed by atoms with E-state index < -0.39 is 21.7 Å². The van der Waals surface area contributed by atoms with Crippen LogP contribution >= 0.6 is 0 Å². The van der Waals surface area contributed by atoms with Crippen molar-refractivity contribution in [3.05, 3.63) is 60.4 Å². The Morgan fingerprint density at radius 3 is 2.48 bits per heavy atom. The maximum Gasteiger partial charge on any atom is 0.414 e.